The summed E-state index contributed by atoms with van der Waals surface area (Å²) in [5.74, 6) is 1.98. The fourth-order valence-corrected chi connectivity index (χ4v) is 2.23. The third-order valence-electron chi connectivity index (χ3n) is 3.94. The van der Waals surface area contributed by atoms with Crippen LogP contribution in [0.15, 0.2) is 36.5 Å². The van der Waals surface area contributed by atoms with Crippen molar-refractivity contribution in [3.05, 3.63) is 47.7 Å². The van der Waals surface area contributed by atoms with Crippen LogP contribution in [-0.4, -0.2) is 31.2 Å². The minimum atomic E-state index is -0.103. The Bertz CT molecular complexity index is 702. The molecule has 0 aliphatic heterocycles. The smallest absolute Gasteiger partial charge is 0.253 e. The molecule has 1 amide bonds. The van der Waals surface area contributed by atoms with Crippen LogP contribution in [0.25, 0.3) is 0 Å². The third-order valence-corrected chi connectivity index (χ3v) is 3.94. The highest BCUT2D eigenvalue weighted by Crippen LogP contribution is 2.27. The lowest BCUT2D eigenvalue weighted by atomic mass is 10.2. The molecule has 0 saturated carbocycles. The number of nitrogens with one attached hydrogen (secondary N) is 2. The second kappa shape index (κ2) is 8.92. The van der Waals surface area contributed by atoms with Gasteiger partial charge in [-0.3, -0.25) is 4.79 Å². The lowest BCUT2D eigenvalue weighted by Crippen LogP contribution is -2.31. The van der Waals surface area contributed by atoms with Crippen LogP contribution in [0.3, 0.4) is 0 Å². The van der Waals surface area contributed by atoms with Gasteiger partial charge < -0.3 is 20.1 Å². The molecule has 2 aromatic rings. The number of benzene rings is 1. The van der Waals surface area contributed by atoms with Gasteiger partial charge in [0.15, 0.2) is 11.5 Å². The number of hydrogen-bond acceptors (Lipinski definition) is 5. The van der Waals surface area contributed by atoms with Crippen molar-refractivity contribution >= 4 is 11.7 Å². The summed E-state index contributed by atoms with van der Waals surface area (Å²) in [6, 6.07) is 9.46. The summed E-state index contributed by atoms with van der Waals surface area (Å²) in [6.07, 6.45) is 2.47. The van der Waals surface area contributed by atoms with Crippen LogP contribution in [0.1, 0.15) is 36.2 Å². The molecule has 0 saturated heterocycles. The minimum Gasteiger partial charge on any atom is -0.493 e. The first-order valence-corrected chi connectivity index (χ1v) is 8.29. The average molecular weight is 343 g/mol. The maximum absolute atomic E-state index is 12.0. The third kappa shape index (κ3) is 5.11. The van der Waals surface area contributed by atoms with Crippen molar-refractivity contribution in [2.75, 3.05) is 19.5 Å². The van der Waals surface area contributed by atoms with Crippen molar-refractivity contribution in [2.45, 2.75) is 32.9 Å². The lowest BCUT2D eigenvalue weighted by molar-refractivity contribution is 0.0939. The number of pyridine rings is 1. The highest BCUT2D eigenvalue weighted by Gasteiger charge is 2.09. The number of nitrogens with zero attached hydrogens (tertiary/aromatic N) is 1. The van der Waals surface area contributed by atoms with E-state index < -0.39 is 0 Å². The normalized spacial score (nSPS) is 11.5. The molecule has 25 heavy (non-hydrogen) atoms. The number of amides is 1. The highest BCUT2D eigenvalue weighted by molar-refractivity contribution is 5.94. The summed E-state index contributed by atoms with van der Waals surface area (Å²) in [7, 11) is 3.22. The van der Waals surface area contributed by atoms with Crippen molar-refractivity contribution in [1.82, 2.24) is 10.3 Å². The maximum atomic E-state index is 12.0. The molecule has 0 bridgehead atoms. The number of anilines is 1. The summed E-state index contributed by atoms with van der Waals surface area (Å²) in [5, 5.41) is 6.15. The molecule has 2 rings (SSSR count). The maximum Gasteiger partial charge on any atom is 0.253 e. The Morgan fingerprint density at radius 1 is 1.16 bits per heavy atom. The molecule has 1 heterocycles. The molecule has 0 fully saturated rings. The van der Waals surface area contributed by atoms with Gasteiger partial charge in [0.25, 0.3) is 5.91 Å². The molecule has 0 aliphatic rings. The molecule has 1 aromatic heterocycles. The van der Waals surface area contributed by atoms with Gasteiger partial charge in [-0.25, -0.2) is 4.98 Å². The number of aromatic nitrogens is 1. The van der Waals surface area contributed by atoms with E-state index in [0.717, 1.165) is 12.0 Å². The summed E-state index contributed by atoms with van der Waals surface area (Å²) in [6.45, 7) is 4.60. The van der Waals surface area contributed by atoms with E-state index in [4.69, 9.17) is 9.47 Å². The zero-order valence-corrected chi connectivity index (χ0v) is 15.1. The van der Waals surface area contributed by atoms with Gasteiger partial charge in [-0.15, -0.1) is 0 Å². The zero-order valence-electron chi connectivity index (χ0n) is 15.1. The lowest BCUT2D eigenvalue weighted by Gasteiger charge is -2.12. The number of methoxy groups -OCH3 is 2. The van der Waals surface area contributed by atoms with E-state index in [2.05, 4.69) is 15.6 Å². The Kier molecular flexibility index (Phi) is 6.62. The molecule has 1 atom stereocenters. The highest BCUT2D eigenvalue weighted by atomic mass is 16.5. The summed E-state index contributed by atoms with van der Waals surface area (Å²) in [4.78, 5) is 16.3. The number of carbonyl (C=O) groups excluding carboxylic acids is 1. The average Bonchev–Trinajstić information content (AvgIpc) is 2.66. The minimum absolute atomic E-state index is 0.103. The summed E-state index contributed by atoms with van der Waals surface area (Å²) in [5.41, 5.74) is 1.59. The van der Waals surface area contributed by atoms with Crippen molar-refractivity contribution < 1.29 is 14.3 Å². The van der Waals surface area contributed by atoms with Gasteiger partial charge in [0.2, 0.25) is 0 Å². The number of carbonyl (C=O) groups is 1. The van der Waals surface area contributed by atoms with E-state index in [1.54, 1.807) is 32.5 Å². The molecule has 1 aromatic carbocycles. The second-order valence-corrected chi connectivity index (χ2v) is 5.76. The van der Waals surface area contributed by atoms with Crippen LogP contribution in [0.4, 0.5) is 5.82 Å². The standard InChI is InChI=1S/C19H25N3O3/c1-5-13(2)22-19(23)15-7-9-18(21-12-15)20-11-14-6-8-16(24-3)17(10-14)25-4/h6-10,12-13H,5,11H2,1-4H3,(H,20,21)(H,22,23). The molecular formula is C19H25N3O3. The van der Waals surface area contributed by atoms with Gasteiger partial charge in [0.1, 0.15) is 5.82 Å². The van der Waals surface area contributed by atoms with Gasteiger partial charge in [-0.1, -0.05) is 13.0 Å². The first-order valence-electron chi connectivity index (χ1n) is 8.29. The van der Waals surface area contributed by atoms with Gasteiger partial charge >= 0.3 is 0 Å². The first-order chi connectivity index (χ1) is 12.1. The summed E-state index contributed by atoms with van der Waals surface area (Å²) < 4.78 is 10.5. The Morgan fingerprint density at radius 3 is 2.52 bits per heavy atom. The van der Waals surface area contributed by atoms with E-state index in [0.29, 0.717) is 29.4 Å². The van der Waals surface area contributed by atoms with E-state index in [1.807, 2.05) is 32.0 Å². The van der Waals surface area contributed by atoms with Crippen LogP contribution >= 0.6 is 0 Å². The predicted octanol–water partition coefficient (Wildman–Crippen LogP) is 3.24. The van der Waals surface area contributed by atoms with Crippen molar-refractivity contribution in [1.29, 1.82) is 0 Å². The number of hydrogen-bond donors (Lipinski definition) is 2. The Labute approximate surface area is 148 Å². The van der Waals surface area contributed by atoms with Gasteiger partial charge in [-0.05, 0) is 43.2 Å². The van der Waals surface area contributed by atoms with Crippen molar-refractivity contribution in [3.63, 3.8) is 0 Å². The Balaban J connectivity index is 1.96. The largest absolute Gasteiger partial charge is 0.493 e. The molecule has 2 N–H and O–H groups in total. The molecule has 0 radical (unpaired) electrons. The van der Waals surface area contributed by atoms with E-state index >= 15 is 0 Å². The number of rotatable bonds is 8. The molecule has 0 spiro atoms. The zero-order chi connectivity index (χ0) is 18.2. The number of ether oxygens (including phenoxy) is 2. The molecular weight excluding hydrogens is 318 g/mol. The van der Waals surface area contributed by atoms with Crippen LogP contribution in [0, 0.1) is 0 Å². The van der Waals surface area contributed by atoms with E-state index in [-0.39, 0.29) is 11.9 Å². The fourth-order valence-electron chi connectivity index (χ4n) is 2.23. The van der Waals surface area contributed by atoms with Gasteiger partial charge in [-0.2, -0.15) is 0 Å². The topological polar surface area (TPSA) is 72.5 Å². The SMILES string of the molecule is CCC(C)NC(=O)c1ccc(NCc2ccc(OC)c(OC)c2)nc1. The van der Waals surface area contributed by atoms with Crippen molar-refractivity contribution in [2.24, 2.45) is 0 Å². The second-order valence-electron chi connectivity index (χ2n) is 5.76. The first kappa shape index (κ1) is 18.6. The van der Waals surface area contributed by atoms with Gasteiger partial charge in [0, 0.05) is 18.8 Å². The molecule has 6 heteroatoms. The van der Waals surface area contributed by atoms with Crippen LogP contribution in [0.2, 0.25) is 0 Å². The van der Waals surface area contributed by atoms with E-state index in [1.165, 1.54) is 0 Å². The quantitative estimate of drug-likeness (QED) is 0.770. The van der Waals surface area contributed by atoms with Crippen molar-refractivity contribution in [3.8, 4) is 11.5 Å². The van der Waals surface area contributed by atoms with Crippen LogP contribution < -0.4 is 20.1 Å². The van der Waals surface area contributed by atoms with Crippen LogP contribution in [-0.2, 0) is 6.54 Å². The monoisotopic (exact) mass is 343 g/mol. The van der Waals surface area contributed by atoms with Gasteiger partial charge in [0.05, 0.1) is 19.8 Å². The molecule has 0 aliphatic carbocycles. The van der Waals surface area contributed by atoms with E-state index in [9.17, 15) is 4.79 Å². The molecule has 6 nitrogen and oxygen atoms in total. The summed E-state index contributed by atoms with van der Waals surface area (Å²) >= 11 is 0. The molecule has 1 unspecified atom stereocenters. The predicted molar refractivity (Wildman–Crippen MR) is 98.3 cm³/mol. The Hall–Kier alpha value is -2.76. The Morgan fingerprint density at radius 2 is 1.92 bits per heavy atom. The van der Waals surface area contributed by atoms with Crippen LogP contribution in [0.5, 0.6) is 11.5 Å². The molecule has 134 valence electrons. The fraction of sp³-hybridized carbons (Fsp3) is 0.368.